The molecule has 0 aromatic carbocycles. The first-order valence-electron chi connectivity index (χ1n) is 9.01. The first-order valence-corrected chi connectivity index (χ1v) is 9.01. The standard InChI is InChI=1S/C19H23N3O4/c23-18(17-12-25-14-21-17)22-7-4-19(5-8-22)9-16(26-13-19)11-24-10-15-3-1-2-6-20-15/h1-3,6,12,14,16H,4-5,7-11,13H2/t16-/m0/s1. The summed E-state index contributed by atoms with van der Waals surface area (Å²) in [4.78, 5) is 22.4. The summed E-state index contributed by atoms with van der Waals surface area (Å²) in [5.41, 5.74) is 1.48. The van der Waals surface area contributed by atoms with E-state index in [1.165, 1.54) is 12.7 Å². The number of nitrogens with zero attached hydrogens (tertiary/aromatic N) is 3. The number of likely N-dealkylation sites (tertiary alicyclic amines) is 1. The molecule has 7 nitrogen and oxygen atoms in total. The molecule has 7 heteroatoms. The van der Waals surface area contributed by atoms with Crippen LogP contribution in [0.3, 0.4) is 0 Å². The van der Waals surface area contributed by atoms with Crippen molar-refractivity contribution in [2.45, 2.75) is 32.0 Å². The molecule has 0 aliphatic carbocycles. The number of aromatic nitrogens is 2. The molecule has 1 amide bonds. The van der Waals surface area contributed by atoms with Crippen LogP contribution in [0, 0.1) is 5.41 Å². The highest BCUT2D eigenvalue weighted by atomic mass is 16.5. The van der Waals surface area contributed by atoms with Crippen molar-refractivity contribution >= 4 is 5.91 Å². The topological polar surface area (TPSA) is 77.7 Å². The van der Waals surface area contributed by atoms with Gasteiger partial charge in [0.2, 0.25) is 0 Å². The van der Waals surface area contributed by atoms with Crippen molar-refractivity contribution < 1.29 is 18.7 Å². The maximum atomic E-state index is 12.4. The molecule has 2 saturated heterocycles. The van der Waals surface area contributed by atoms with Crippen molar-refractivity contribution in [1.29, 1.82) is 0 Å². The zero-order chi connectivity index (χ0) is 17.8. The summed E-state index contributed by atoms with van der Waals surface area (Å²) in [5.74, 6) is -0.0530. The molecule has 4 heterocycles. The first kappa shape index (κ1) is 17.2. The van der Waals surface area contributed by atoms with Crippen LogP contribution in [-0.4, -0.2) is 53.2 Å². The van der Waals surface area contributed by atoms with Crippen LogP contribution in [0.1, 0.15) is 35.4 Å². The lowest BCUT2D eigenvalue weighted by Gasteiger charge is -2.38. The molecule has 0 bridgehead atoms. The highest BCUT2D eigenvalue weighted by Gasteiger charge is 2.43. The smallest absolute Gasteiger partial charge is 0.275 e. The Morgan fingerprint density at radius 3 is 2.92 bits per heavy atom. The molecule has 1 atom stereocenters. The molecule has 2 fully saturated rings. The highest BCUT2D eigenvalue weighted by molar-refractivity contribution is 5.91. The molecule has 0 unspecified atom stereocenters. The number of oxazole rings is 1. The SMILES string of the molecule is O=C(c1cocn1)N1CCC2(CC1)CO[C@H](COCc1ccccn1)C2. The number of amides is 1. The summed E-state index contributed by atoms with van der Waals surface area (Å²) in [7, 11) is 0. The molecule has 0 radical (unpaired) electrons. The van der Waals surface area contributed by atoms with Crippen molar-refractivity contribution in [1.82, 2.24) is 14.9 Å². The number of hydrogen-bond donors (Lipinski definition) is 0. The third kappa shape index (κ3) is 3.78. The minimum atomic E-state index is -0.0530. The van der Waals surface area contributed by atoms with Crippen molar-refractivity contribution in [2.75, 3.05) is 26.3 Å². The van der Waals surface area contributed by atoms with Gasteiger partial charge in [0.05, 0.1) is 31.6 Å². The van der Waals surface area contributed by atoms with Gasteiger partial charge < -0.3 is 18.8 Å². The largest absolute Gasteiger partial charge is 0.451 e. The van der Waals surface area contributed by atoms with E-state index in [-0.39, 0.29) is 17.4 Å². The fraction of sp³-hybridized carbons (Fsp3) is 0.526. The second-order valence-electron chi connectivity index (χ2n) is 7.14. The second kappa shape index (κ2) is 7.55. The maximum absolute atomic E-state index is 12.4. The van der Waals surface area contributed by atoms with Crippen molar-refractivity contribution in [3.05, 3.63) is 48.4 Å². The average Bonchev–Trinajstić information content (AvgIpc) is 3.34. The second-order valence-corrected chi connectivity index (χ2v) is 7.14. The summed E-state index contributed by atoms with van der Waals surface area (Å²) < 4.78 is 16.7. The lowest BCUT2D eigenvalue weighted by atomic mass is 9.76. The lowest BCUT2D eigenvalue weighted by molar-refractivity contribution is 0.00574. The van der Waals surface area contributed by atoms with Crippen LogP contribution in [0.15, 0.2) is 41.5 Å². The predicted molar refractivity (Wildman–Crippen MR) is 92.3 cm³/mol. The summed E-state index contributed by atoms with van der Waals surface area (Å²) in [5, 5.41) is 0. The fourth-order valence-electron chi connectivity index (χ4n) is 3.79. The van der Waals surface area contributed by atoms with Crippen LogP contribution in [0.2, 0.25) is 0 Å². The third-order valence-electron chi connectivity index (χ3n) is 5.33. The van der Waals surface area contributed by atoms with E-state index in [4.69, 9.17) is 13.9 Å². The van der Waals surface area contributed by atoms with E-state index >= 15 is 0 Å². The summed E-state index contributed by atoms with van der Waals surface area (Å²) >= 11 is 0. The number of piperidine rings is 1. The number of carbonyl (C=O) groups excluding carboxylic acids is 1. The Hall–Kier alpha value is -2.25. The van der Waals surface area contributed by atoms with Gasteiger partial charge in [-0.1, -0.05) is 6.07 Å². The van der Waals surface area contributed by atoms with Crippen molar-refractivity contribution in [3.8, 4) is 0 Å². The van der Waals surface area contributed by atoms with Gasteiger partial charge in [-0.15, -0.1) is 0 Å². The van der Waals surface area contributed by atoms with E-state index in [2.05, 4.69) is 9.97 Å². The molecular formula is C19H23N3O4. The summed E-state index contributed by atoms with van der Waals surface area (Å²) in [6, 6.07) is 5.81. The van der Waals surface area contributed by atoms with Gasteiger partial charge in [0.25, 0.3) is 5.91 Å². The summed E-state index contributed by atoms with van der Waals surface area (Å²) in [6.07, 6.45) is 7.48. The minimum Gasteiger partial charge on any atom is -0.451 e. The van der Waals surface area contributed by atoms with E-state index in [0.717, 1.165) is 44.7 Å². The van der Waals surface area contributed by atoms with Gasteiger partial charge in [-0.25, -0.2) is 4.98 Å². The van der Waals surface area contributed by atoms with E-state index in [1.807, 2.05) is 23.1 Å². The van der Waals surface area contributed by atoms with Gasteiger partial charge in [-0.2, -0.15) is 0 Å². The molecule has 0 saturated carbocycles. The Balaban J connectivity index is 1.23. The molecule has 2 aliphatic rings. The van der Waals surface area contributed by atoms with Gasteiger partial charge >= 0.3 is 0 Å². The van der Waals surface area contributed by atoms with E-state index in [9.17, 15) is 4.79 Å². The number of carbonyl (C=O) groups is 1. The van der Waals surface area contributed by atoms with E-state index in [0.29, 0.717) is 18.9 Å². The number of rotatable bonds is 5. The van der Waals surface area contributed by atoms with Crippen LogP contribution in [0.4, 0.5) is 0 Å². The molecule has 26 heavy (non-hydrogen) atoms. The Kier molecular flexibility index (Phi) is 4.99. The zero-order valence-corrected chi connectivity index (χ0v) is 14.7. The maximum Gasteiger partial charge on any atom is 0.275 e. The van der Waals surface area contributed by atoms with Crippen LogP contribution >= 0.6 is 0 Å². The average molecular weight is 357 g/mol. The monoisotopic (exact) mass is 357 g/mol. The van der Waals surface area contributed by atoms with Crippen LogP contribution in [0.5, 0.6) is 0 Å². The number of hydrogen-bond acceptors (Lipinski definition) is 6. The van der Waals surface area contributed by atoms with Crippen LogP contribution in [0.25, 0.3) is 0 Å². The quantitative estimate of drug-likeness (QED) is 0.817. The first-order chi connectivity index (χ1) is 12.7. The van der Waals surface area contributed by atoms with E-state index in [1.54, 1.807) is 6.20 Å². The Labute approximate surface area is 152 Å². The minimum absolute atomic E-state index is 0.0530. The highest BCUT2D eigenvalue weighted by Crippen LogP contribution is 2.42. The molecular weight excluding hydrogens is 334 g/mol. The molecule has 0 N–H and O–H groups in total. The van der Waals surface area contributed by atoms with Crippen molar-refractivity contribution in [3.63, 3.8) is 0 Å². The molecule has 2 aliphatic heterocycles. The van der Waals surface area contributed by atoms with E-state index < -0.39 is 0 Å². The molecule has 2 aromatic rings. The van der Waals surface area contributed by atoms with Gasteiger partial charge in [0.15, 0.2) is 12.1 Å². The lowest BCUT2D eigenvalue weighted by Crippen LogP contribution is -2.43. The Bertz CT molecular complexity index is 712. The third-order valence-corrected chi connectivity index (χ3v) is 5.33. The predicted octanol–water partition coefficient (Wildman–Crippen LogP) is 2.30. The normalized spacial score (nSPS) is 22.0. The van der Waals surface area contributed by atoms with Gasteiger partial charge in [-0.05, 0) is 36.8 Å². The van der Waals surface area contributed by atoms with Gasteiger partial charge in [0, 0.05) is 19.3 Å². The fourth-order valence-corrected chi connectivity index (χ4v) is 3.79. The van der Waals surface area contributed by atoms with Crippen LogP contribution < -0.4 is 0 Å². The molecule has 138 valence electrons. The van der Waals surface area contributed by atoms with Gasteiger partial charge in [0.1, 0.15) is 6.26 Å². The molecule has 1 spiro atoms. The number of pyridine rings is 1. The zero-order valence-electron chi connectivity index (χ0n) is 14.7. The number of ether oxygens (including phenoxy) is 2. The Morgan fingerprint density at radius 1 is 1.31 bits per heavy atom. The molecule has 2 aromatic heterocycles. The summed E-state index contributed by atoms with van der Waals surface area (Å²) in [6.45, 7) is 3.30. The van der Waals surface area contributed by atoms with Crippen LogP contribution in [-0.2, 0) is 16.1 Å². The van der Waals surface area contributed by atoms with Crippen molar-refractivity contribution in [2.24, 2.45) is 5.41 Å². The van der Waals surface area contributed by atoms with Gasteiger partial charge in [-0.3, -0.25) is 9.78 Å². The Morgan fingerprint density at radius 2 is 2.19 bits per heavy atom. The molecule has 4 rings (SSSR count).